The summed E-state index contributed by atoms with van der Waals surface area (Å²) in [4.78, 5) is 0. The fourth-order valence-electron chi connectivity index (χ4n) is 2.32. The fraction of sp³-hybridized carbons (Fsp3) is 0.118. The predicted octanol–water partition coefficient (Wildman–Crippen LogP) is 4.81. The number of rotatable bonds is 2. The zero-order valence-electron chi connectivity index (χ0n) is 11.9. The number of anilines is 1. The van der Waals surface area contributed by atoms with E-state index in [4.69, 9.17) is 10.3 Å². The Morgan fingerprint density at radius 2 is 1.81 bits per heavy atom. The van der Waals surface area contributed by atoms with Gasteiger partial charge >= 0.3 is 0 Å². The first kappa shape index (κ1) is 14.1. The lowest BCUT2D eigenvalue weighted by Crippen LogP contribution is -1.91. The molecule has 1 heterocycles. The molecule has 0 atom stereocenters. The molecule has 0 amide bonds. The van der Waals surface area contributed by atoms with Gasteiger partial charge in [0.2, 0.25) is 5.88 Å². The maximum Gasteiger partial charge on any atom is 0.230 e. The topological polar surface area (TPSA) is 52.0 Å². The highest BCUT2D eigenvalue weighted by Gasteiger charge is 2.19. The molecular formula is C17H15IN2O. The number of benzene rings is 2. The molecule has 21 heavy (non-hydrogen) atoms. The molecule has 106 valence electrons. The number of nitrogen functional groups attached to an aromatic ring is 1. The van der Waals surface area contributed by atoms with Gasteiger partial charge in [0.05, 0.1) is 5.56 Å². The molecule has 0 saturated carbocycles. The van der Waals surface area contributed by atoms with Crippen molar-refractivity contribution in [3.63, 3.8) is 0 Å². The molecule has 0 fully saturated rings. The molecule has 3 rings (SSSR count). The van der Waals surface area contributed by atoms with Gasteiger partial charge in [0, 0.05) is 9.13 Å². The van der Waals surface area contributed by atoms with E-state index >= 15 is 0 Å². The molecule has 0 bridgehead atoms. The van der Waals surface area contributed by atoms with Gasteiger partial charge < -0.3 is 10.3 Å². The van der Waals surface area contributed by atoms with Crippen molar-refractivity contribution < 1.29 is 4.52 Å². The second-order valence-electron chi connectivity index (χ2n) is 5.05. The lowest BCUT2D eigenvalue weighted by atomic mass is 9.98. The molecule has 3 nitrogen and oxygen atoms in total. The standard InChI is InChI=1S/C17H15IN2O/c1-10-7-8-12(9-11(10)2)15-16(20-21-17(15)19)13-5-3-4-6-14(13)18/h3-9H,19H2,1-2H3. The first-order valence-corrected chi connectivity index (χ1v) is 7.73. The van der Waals surface area contributed by atoms with Crippen molar-refractivity contribution in [3.8, 4) is 22.4 Å². The Morgan fingerprint density at radius 3 is 2.52 bits per heavy atom. The van der Waals surface area contributed by atoms with Gasteiger partial charge in [0.1, 0.15) is 5.69 Å². The van der Waals surface area contributed by atoms with Crippen LogP contribution in [0, 0.1) is 17.4 Å². The van der Waals surface area contributed by atoms with Crippen molar-refractivity contribution in [1.82, 2.24) is 5.16 Å². The van der Waals surface area contributed by atoms with E-state index in [1.165, 1.54) is 11.1 Å². The van der Waals surface area contributed by atoms with Crippen LogP contribution in [0.1, 0.15) is 11.1 Å². The largest absolute Gasteiger partial charge is 0.367 e. The van der Waals surface area contributed by atoms with E-state index in [9.17, 15) is 0 Å². The Labute approximate surface area is 137 Å². The van der Waals surface area contributed by atoms with Crippen LogP contribution >= 0.6 is 22.6 Å². The van der Waals surface area contributed by atoms with E-state index in [1.54, 1.807) is 0 Å². The highest BCUT2D eigenvalue weighted by Crippen LogP contribution is 2.38. The normalized spacial score (nSPS) is 10.8. The Kier molecular flexibility index (Phi) is 3.71. The molecule has 0 unspecified atom stereocenters. The average molecular weight is 390 g/mol. The van der Waals surface area contributed by atoms with Crippen LogP contribution < -0.4 is 5.73 Å². The van der Waals surface area contributed by atoms with Crippen molar-refractivity contribution >= 4 is 28.5 Å². The molecule has 0 aliphatic heterocycles. The Bertz CT molecular complexity index is 808. The summed E-state index contributed by atoms with van der Waals surface area (Å²) in [6.45, 7) is 4.19. The second-order valence-corrected chi connectivity index (χ2v) is 6.21. The van der Waals surface area contributed by atoms with Gasteiger partial charge in [-0.1, -0.05) is 41.6 Å². The fourth-order valence-corrected chi connectivity index (χ4v) is 2.96. The third-order valence-corrected chi connectivity index (χ3v) is 4.58. The van der Waals surface area contributed by atoms with Crippen LogP contribution in [0.5, 0.6) is 0 Å². The van der Waals surface area contributed by atoms with Crippen LogP contribution in [0.15, 0.2) is 47.0 Å². The Hall–Kier alpha value is -1.82. The smallest absolute Gasteiger partial charge is 0.230 e. The molecule has 0 radical (unpaired) electrons. The zero-order chi connectivity index (χ0) is 15.0. The monoisotopic (exact) mass is 390 g/mol. The number of nitrogens with zero attached hydrogens (tertiary/aromatic N) is 1. The van der Waals surface area contributed by atoms with Gasteiger partial charge in [-0.15, -0.1) is 0 Å². The van der Waals surface area contributed by atoms with E-state index < -0.39 is 0 Å². The predicted molar refractivity (Wildman–Crippen MR) is 94.0 cm³/mol. The molecule has 4 heteroatoms. The summed E-state index contributed by atoms with van der Waals surface area (Å²) in [5, 5.41) is 4.17. The van der Waals surface area contributed by atoms with Gasteiger partial charge in [0.25, 0.3) is 0 Å². The lowest BCUT2D eigenvalue weighted by Gasteiger charge is -2.07. The van der Waals surface area contributed by atoms with Gasteiger partial charge in [-0.3, -0.25) is 0 Å². The SMILES string of the molecule is Cc1ccc(-c2c(-c3ccccc3I)noc2N)cc1C. The minimum Gasteiger partial charge on any atom is -0.367 e. The molecule has 0 aliphatic rings. The molecule has 0 spiro atoms. The maximum absolute atomic E-state index is 6.02. The number of nitrogens with two attached hydrogens (primary N) is 1. The van der Waals surface area contributed by atoms with Crippen LogP contribution in [-0.2, 0) is 0 Å². The van der Waals surface area contributed by atoms with E-state index in [0.29, 0.717) is 5.88 Å². The number of hydrogen-bond acceptors (Lipinski definition) is 3. The number of hydrogen-bond donors (Lipinski definition) is 1. The number of aromatic nitrogens is 1. The first-order valence-electron chi connectivity index (χ1n) is 6.65. The summed E-state index contributed by atoms with van der Waals surface area (Å²) < 4.78 is 6.37. The third-order valence-electron chi connectivity index (χ3n) is 3.64. The van der Waals surface area contributed by atoms with Crippen molar-refractivity contribution in [2.75, 3.05) is 5.73 Å². The third kappa shape index (κ3) is 2.55. The highest BCUT2D eigenvalue weighted by atomic mass is 127. The summed E-state index contributed by atoms with van der Waals surface area (Å²) in [6.07, 6.45) is 0. The van der Waals surface area contributed by atoms with Crippen molar-refractivity contribution in [3.05, 3.63) is 57.2 Å². The van der Waals surface area contributed by atoms with Crippen molar-refractivity contribution in [2.45, 2.75) is 13.8 Å². The molecule has 2 N–H and O–H groups in total. The quantitative estimate of drug-likeness (QED) is 0.639. The highest BCUT2D eigenvalue weighted by molar-refractivity contribution is 14.1. The Balaban J connectivity index is 2.22. The molecular weight excluding hydrogens is 375 g/mol. The van der Waals surface area contributed by atoms with Gasteiger partial charge in [-0.2, -0.15) is 0 Å². The summed E-state index contributed by atoms with van der Waals surface area (Å²) in [6, 6.07) is 14.4. The van der Waals surface area contributed by atoms with Crippen LogP contribution in [-0.4, -0.2) is 5.16 Å². The van der Waals surface area contributed by atoms with Gasteiger partial charge in [-0.25, -0.2) is 0 Å². The van der Waals surface area contributed by atoms with E-state index in [-0.39, 0.29) is 0 Å². The van der Waals surface area contributed by atoms with Gasteiger partial charge in [0.15, 0.2) is 0 Å². The average Bonchev–Trinajstić information content (AvgIpc) is 2.84. The van der Waals surface area contributed by atoms with Crippen LogP contribution in [0.25, 0.3) is 22.4 Å². The number of halogens is 1. The van der Waals surface area contributed by atoms with E-state index in [0.717, 1.165) is 26.0 Å². The second kappa shape index (κ2) is 5.52. The summed E-state index contributed by atoms with van der Waals surface area (Å²) >= 11 is 2.30. The first-order chi connectivity index (χ1) is 10.1. The Morgan fingerprint density at radius 1 is 1.05 bits per heavy atom. The van der Waals surface area contributed by atoms with Crippen LogP contribution in [0.2, 0.25) is 0 Å². The summed E-state index contributed by atoms with van der Waals surface area (Å²) in [5.41, 5.74) is 12.2. The van der Waals surface area contributed by atoms with Crippen LogP contribution in [0.4, 0.5) is 5.88 Å². The molecule has 1 aromatic heterocycles. The molecule has 0 saturated heterocycles. The number of aryl methyl sites for hydroxylation is 2. The van der Waals surface area contributed by atoms with Crippen LogP contribution in [0.3, 0.4) is 0 Å². The molecule has 3 aromatic rings. The molecule has 0 aliphatic carbocycles. The summed E-state index contributed by atoms with van der Waals surface area (Å²) in [7, 11) is 0. The zero-order valence-corrected chi connectivity index (χ0v) is 14.0. The minimum atomic E-state index is 0.355. The van der Waals surface area contributed by atoms with Crippen molar-refractivity contribution in [2.24, 2.45) is 0 Å². The minimum absolute atomic E-state index is 0.355. The van der Waals surface area contributed by atoms with E-state index in [2.05, 4.69) is 59.8 Å². The molecule has 2 aromatic carbocycles. The summed E-state index contributed by atoms with van der Waals surface area (Å²) in [5.74, 6) is 0.355. The van der Waals surface area contributed by atoms with E-state index in [1.807, 2.05) is 24.3 Å². The lowest BCUT2D eigenvalue weighted by molar-refractivity contribution is 0.439. The maximum atomic E-state index is 6.02. The van der Waals surface area contributed by atoms with Crippen molar-refractivity contribution in [1.29, 1.82) is 0 Å². The van der Waals surface area contributed by atoms with Gasteiger partial charge in [-0.05, 0) is 59.2 Å².